The number of hydrogen-bond donors (Lipinski definition) is 1. The molecule has 0 aliphatic rings. The number of nitrogens with zero attached hydrogens (tertiary/aromatic N) is 4. The fourth-order valence-corrected chi connectivity index (χ4v) is 5.37. The van der Waals surface area contributed by atoms with Crippen molar-refractivity contribution >= 4 is 55.9 Å². The number of benzene rings is 2. The minimum atomic E-state index is -4.15. The minimum absolute atomic E-state index is 0.00716. The van der Waals surface area contributed by atoms with Gasteiger partial charge in [-0.3, -0.25) is 4.68 Å². The van der Waals surface area contributed by atoms with Gasteiger partial charge in [0.2, 0.25) is 0 Å². The summed E-state index contributed by atoms with van der Waals surface area (Å²) in [4.78, 5) is 15.2. The maximum Gasteiger partial charge on any atom is 0.335 e. The van der Waals surface area contributed by atoms with Crippen LogP contribution in [0.4, 0.5) is 5.82 Å². The molecule has 0 saturated heterocycles. The predicted molar refractivity (Wildman–Crippen MR) is 126 cm³/mol. The van der Waals surface area contributed by atoms with Gasteiger partial charge in [0.05, 0.1) is 38.8 Å². The molecule has 1 N–H and O–H groups in total. The van der Waals surface area contributed by atoms with Crippen molar-refractivity contribution in [1.29, 1.82) is 0 Å². The van der Waals surface area contributed by atoms with E-state index in [4.69, 9.17) is 28.3 Å². The molecule has 11 heteroatoms. The lowest BCUT2D eigenvalue weighted by molar-refractivity contribution is 0.0696. The van der Waals surface area contributed by atoms with E-state index in [1.54, 1.807) is 6.20 Å². The lowest BCUT2D eigenvalue weighted by Gasteiger charge is -2.24. The summed E-state index contributed by atoms with van der Waals surface area (Å²) >= 11 is 12.3. The monoisotopic (exact) mass is 504 g/mol. The molecule has 0 spiro atoms. The van der Waals surface area contributed by atoms with E-state index in [0.717, 1.165) is 15.2 Å². The molecule has 2 aromatic carbocycles. The summed E-state index contributed by atoms with van der Waals surface area (Å²) in [6, 6.07) is 11.9. The minimum Gasteiger partial charge on any atom is -0.478 e. The smallest absolute Gasteiger partial charge is 0.335 e. The van der Waals surface area contributed by atoms with E-state index in [1.807, 2.05) is 29.8 Å². The van der Waals surface area contributed by atoms with Crippen LogP contribution in [0.1, 0.15) is 22.8 Å². The maximum atomic E-state index is 13.6. The van der Waals surface area contributed by atoms with Crippen molar-refractivity contribution in [3.63, 3.8) is 0 Å². The van der Waals surface area contributed by atoms with Crippen LogP contribution in [-0.4, -0.2) is 34.3 Å². The third-order valence-corrected chi connectivity index (χ3v) is 7.28. The Labute approximate surface area is 200 Å². The average molecular weight is 505 g/mol. The van der Waals surface area contributed by atoms with Crippen LogP contribution in [0.3, 0.4) is 0 Å². The molecule has 0 aliphatic heterocycles. The number of anilines is 1. The Balaban J connectivity index is 1.80. The van der Waals surface area contributed by atoms with E-state index >= 15 is 0 Å². The van der Waals surface area contributed by atoms with Crippen molar-refractivity contribution in [2.45, 2.75) is 24.9 Å². The van der Waals surface area contributed by atoms with Crippen LogP contribution in [0.15, 0.2) is 65.8 Å². The molecule has 2 aromatic heterocycles. The standard InChI is InChI=1S/C22H18Cl2N4O4S/c1-2-27-20-8-3-14(9-16(20)11-26-27)13-28(21-19(24)10-17(23)12-25-21)33(31,32)18-6-4-15(5-7-18)22(29)30/h3-12H,2,13H2,1H3,(H,29,30). The number of carboxylic acids is 1. The van der Waals surface area contributed by atoms with Gasteiger partial charge in [-0.1, -0.05) is 29.3 Å². The Morgan fingerprint density at radius 1 is 1.09 bits per heavy atom. The summed E-state index contributed by atoms with van der Waals surface area (Å²) in [5.41, 5.74) is 1.60. The van der Waals surface area contributed by atoms with Crippen LogP contribution in [0.2, 0.25) is 10.0 Å². The number of hydrogen-bond acceptors (Lipinski definition) is 5. The lowest BCUT2D eigenvalue weighted by atomic mass is 10.1. The van der Waals surface area contributed by atoms with Crippen molar-refractivity contribution in [3.8, 4) is 0 Å². The zero-order valence-corrected chi connectivity index (χ0v) is 19.6. The molecule has 2 heterocycles. The Morgan fingerprint density at radius 2 is 1.82 bits per heavy atom. The molecule has 0 saturated carbocycles. The first-order chi connectivity index (χ1) is 15.7. The van der Waals surface area contributed by atoms with Crippen molar-refractivity contribution in [3.05, 3.63) is 82.1 Å². The Kier molecular flexibility index (Phi) is 6.29. The zero-order valence-electron chi connectivity index (χ0n) is 17.3. The van der Waals surface area contributed by atoms with Gasteiger partial charge in [-0.15, -0.1) is 0 Å². The fourth-order valence-electron chi connectivity index (χ4n) is 3.41. The molecule has 0 amide bonds. The number of aromatic carboxylic acids is 1. The molecule has 4 rings (SSSR count). The summed E-state index contributed by atoms with van der Waals surface area (Å²) in [6.07, 6.45) is 3.03. The summed E-state index contributed by atoms with van der Waals surface area (Å²) in [7, 11) is -4.15. The number of pyridine rings is 1. The second-order valence-corrected chi connectivity index (χ2v) is 9.86. The third kappa shape index (κ3) is 4.52. The van der Waals surface area contributed by atoms with Crippen molar-refractivity contribution < 1.29 is 18.3 Å². The van der Waals surface area contributed by atoms with E-state index in [2.05, 4.69) is 10.1 Å². The summed E-state index contributed by atoms with van der Waals surface area (Å²) in [5.74, 6) is -1.15. The van der Waals surface area contributed by atoms with E-state index < -0.39 is 16.0 Å². The van der Waals surface area contributed by atoms with Gasteiger partial charge >= 0.3 is 5.97 Å². The second-order valence-electron chi connectivity index (χ2n) is 7.15. The van der Waals surface area contributed by atoms with Crippen molar-refractivity contribution in [2.75, 3.05) is 4.31 Å². The molecular formula is C22H18Cl2N4O4S. The molecule has 4 aromatic rings. The Bertz CT molecular complexity index is 1450. The van der Waals surface area contributed by atoms with Crippen molar-refractivity contribution in [2.24, 2.45) is 0 Å². The lowest BCUT2D eigenvalue weighted by Crippen LogP contribution is -2.31. The number of carbonyl (C=O) groups is 1. The highest BCUT2D eigenvalue weighted by atomic mass is 35.5. The normalized spacial score (nSPS) is 11.6. The highest BCUT2D eigenvalue weighted by Gasteiger charge is 2.28. The molecule has 33 heavy (non-hydrogen) atoms. The highest BCUT2D eigenvalue weighted by Crippen LogP contribution is 2.32. The topological polar surface area (TPSA) is 105 Å². The molecule has 0 unspecified atom stereocenters. The van der Waals surface area contributed by atoms with Gasteiger partial charge in [0.15, 0.2) is 5.82 Å². The molecular weight excluding hydrogens is 487 g/mol. The van der Waals surface area contributed by atoms with Gasteiger partial charge in [0.1, 0.15) is 0 Å². The van der Waals surface area contributed by atoms with Crippen LogP contribution in [-0.2, 0) is 23.1 Å². The molecule has 0 aliphatic carbocycles. The number of halogens is 2. The van der Waals surface area contributed by atoms with Gasteiger partial charge in [0.25, 0.3) is 10.0 Å². The van der Waals surface area contributed by atoms with Gasteiger partial charge in [0, 0.05) is 18.1 Å². The van der Waals surface area contributed by atoms with E-state index in [9.17, 15) is 13.2 Å². The van der Waals surface area contributed by atoms with Crippen molar-refractivity contribution in [1.82, 2.24) is 14.8 Å². The zero-order chi connectivity index (χ0) is 23.8. The molecule has 0 atom stereocenters. The van der Waals surface area contributed by atoms with E-state index in [0.29, 0.717) is 12.1 Å². The van der Waals surface area contributed by atoms with Crippen LogP contribution < -0.4 is 4.31 Å². The van der Waals surface area contributed by atoms with Crippen LogP contribution in [0.25, 0.3) is 10.9 Å². The van der Waals surface area contributed by atoms with E-state index in [-0.39, 0.29) is 32.9 Å². The molecule has 170 valence electrons. The predicted octanol–water partition coefficient (Wildman–Crippen LogP) is 4.85. The van der Waals surface area contributed by atoms with Crippen LogP contribution >= 0.6 is 23.2 Å². The Hall–Kier alpha value is -3.14. The molecule has 0 radical (unpaired) electrons. The second kappa shape index (κ2) is 9.01. The fraction of sp³-hybridized carbons (Fsp3) is 0.136. The number of carboxylic acid groups (broad SMARTS) is 1. The molecule has 8 nitrogen and oxygen atoms in total. The van der Waals surface area contributed by atoms with Crippen LogP contribution in [0, 0.1) is 0 Å². The SMILES string of the molecule is CCn1ncc2cc(CN(c3ncc(Cl)cc3Cl)S(=O)(=O)c3ccc(C(=O)O)cc3)ccc21. The van der Waals surface area contributed by atoms with Gasteiger partial charge in [-0.05, 0) is 55.0 Å². The first-order valence-electron chi connectivity index (χ1n) is 9.82. The first-order valence-corrected chi connectivity index (χ1v) is 12.0. The Morgan fingerprint density at radius 3 is 2.45 bits per heavy atom. The van der Waals surface area contributed by atoms with Gasteiger partial charge < -0.3 is 5.11 Å². The van der Waals surface area contributed by atoms with Crippen LogP contribution in [0.5, 0.6) is 0 Å². The first kappa shape index (κ1) is 23.0. The quantitative estimate of drug-likeness (QED) is 0.385. The number of aryl methyl sites for hydroxylation is 1. The highest BCUT2D eigenvalue weighted by molar-refractivity contribution is 7.92. The van der Waals surface area contributed by atoms with Gasteiger partial charge in [-0.2, -0.15) is 5.10 Å². The number of aromatic nitrogens is 3. The number of sulfonamides is 1. The summed E-state index contributed by atoms with van der Waals surface area (Å²) < 4.78 is 30.1. The largest absolute Gasteiger partial charge is 0.478 e. The number of fused-ring (bicyclic) bond motifs is 1. The van der Waals surface area contributed by atoms with Gasteiger partial charge in [-0.25, -0.2) is 22.5 Å². The maximum absolute atomic E-state index is 13.6. The third-order valence-electron chi connectivity index (χ3n) is 5.05. The number of rotatable bonds is 7. The average Bonchev–Trinajstić information content (AvgIpc) is 3.20. The summed E-state index contributed by atoms with van der Waals surface area (Å²) in [5, 5.41) is 14.6. The molecule has 0 fully saturated rings. The summed E-state index contributed by atoms with van der Waals surface area (Å²) in [6.45, 7) is 2.63. The molecule has 0 bridgehead atoms. The van der Waals surface area contributed by atoms with E-state index in [1.165, 1.54) is 36.5 Å².